The Bertz CT molecular complexity index is 1060. The SMILES string of the molecule is CCCCCCCC/C=C\CCCCCCCCCCCC(=O)OC[C@@H](COC(=O)CCCCCCCCCCCCCCC)OC(=O)CCCCCCCCCCCCCCCCCCCC. The van der Waals surface area contributed by atoms with Gasteiger partial charge in [-0.1, -0.05) is 296 Å². The number of allylic oxidation sites excluding steroid dienone is 2. The van der Waals surface area contributed by atoms with Crippen molar-refractivity contribution in [3.63, 3.8) is 0 Å². The van der Waals surface area contributed by atoms with E-state index < -0.39 is 6.10 Å². The molecule has 0 aromatic heterocycles. The van der Waals surface area contributed by atoms with Gasteiger partial charge in [-0.15, -0.1) is 0 Å². The Kier molecular flexibility index (Phi) is 56.2. The van der Waals surface area contributed by atoms with Gasteiger partial charge in [-0.05, 0) is 44.9 Å². The number of carbonyl (C=O) groups excluding carboxylic acids is 3. The van der Waals surface area contributed by atoms with Gasteiger partial charge < -0.3 is 14.2 Å². The normalized spacial score (nSPS) is 12.0. The second kappa shape index (κ2) is 57.7. The number of unbranched alkanes of at least 4 members (excludes halogenated alkanes) is 44. The van der Waals surface area contributed by atoms with E-state index in [1.54, 1.807) is 0 Å². The fourth-order valence-corrected chi connectivity index (χ4v) is 9.38. The lowest BCUT2D eigenvalue weighted by molar-refractivity contribution is -0.167. The average molecular weight is 960 g/mol. The summed E-state index contributed by atoms with van der Waals surface area (Å²) >= 11 is 0. The van der Waals surface area contributed by atoms with Crippen molar-refractivity contribution >= 4 is 17.9 Å². The highest BCUT2D eigenvalue weighted by Gasteiger charge is 2.19. The Morgan fingerprint density at radius 2 is 0.485 bits per heavy atom. The van der Waals surface area contributed by atoms with E-state index >= 15 is 0 Å². The summed E-state index contributed by atoms with van der Waals surface area (Å²) in [6, 6.07) is 0. The Morgan fingerprint density at radius 1 is 0.279 bits per heavy atom. The van der Waals surface area contributed by atoms with Crippen molar-refractivity contribution in [3.8, 4) is 0 Å². The second-order valence-electron chi connectivity index (χ2n) is 21.0. The van der Waals surface area contributed by atoms with Crippen LogP contribution >= 0.6 is 0 Å². The summed E-state index contributed by atoms with van der Waals surface area (Å²) < 4.78 is 16.9. The summed E-state index contributed by atoms with van der Waals surface area (Å²) in [4.78, 5) is 38.2. The molecule has 0 aromatic carbocycles. The van der Waals surface area contributed by atoms with Gasteiger partial charge in [0.15, 0.2) is 6.10 Å². The molecule has 0 amide bonds. The van der Waals surface area contributed by atoms with Gasteiger partial charge in [0.25, 0.3) is 0 Å². The smallest absolute Gasteiger partial charge is 0.306 e. The van der Waals surface area contributed by atoms with E-state index in [9.17, 15) is 14.4 Å². The third kappa shape index (κ3) is 55.1. The van der Waals surface area contributed by atoms with Crippen LogP contribution in [0.3, 0.4) is 0 Å². The van der Waals surface area contributed by atoms with E-state index in [0.29, 0.717) is 19.3 Å². The molecular formula is C62H118O6. The van der Waals surface area contributed by atoms with Crippen LogP contribution in [0.15, 0.2) is 12.2 Å². The Morgan fingerprint density at radius 3 is 0.735 bits per heavy atom. The first-order valence-electron chi connectivity index (χ1n) is 30.7. The molecule has 0 N–H and O–H groups in total. The first-order chi connectivity index (χ1) is 33.5. The molecule has 1 atom stereocenters. The van der Waals surface area contributed by atoms with Gasteiger partial charge in [-0.2, -0.15) is 0 Å². The van der Waals surface area contributed by atoms with Crippen LogP contribution in [0.5, 0.6) is 0 Å². The van der Waals surface area contributed by atoms with Crippen LogP contribution in [-0.4, -0.2) is 37.2 Å². The van der Waals surface area contributed by atoms with Crippen molar-refractivity contribution in [1.29, 1.82) is 0 Å². The Balaban J connectivity index is 4.28. The zero-order chi connectivity index (χ0) is 49.3. The predicted molar refractivity (Wildman–Crippen MR) is 293 cm³/mol. The number of carbonyl (C=O) groups is 3. The van der Waals surface area contributed by atoms with Crippen LogP contribution in [0, 0.1) is 0 Å². The first kappa shape index (κ1) is 66.2. The molecule has 0 spiro atoms. The minimum Gasteiger partial charge on any atom is -0.462 e. The van der Waals surface area contributed by atoms with Gasteiger partial charge in [0, 0.05) is 19.3 Å². The molecule has 0 heterocycles. The molecule has 6 heteroatoms. The summed E-state index contributed by atoms with van der Waals surface area (Å²) in [5.41, 5.74) is 0. The summed E-state index contributed by atoms with van der Waals surface area (Å²) in [7, 11) is 0. The number of rotatable bonds is 57. The fraction of sp³-hybridized carbons (Fsp3) is 0.919. The van der Waals surface area contributed by atoms with Crippen molar-refractivity contribution in [1.82, 2.24) is 0 Å². The van der Waals surface area contributed by atoms with E-state index in [2.05, 4.69) is 32.9 Å². The number of hydrogen-bond acceptors (Lipinski definition) is 6. The van der Waals surface area contributed by atoms with Gasteiger partial charge in [0.05, 0.1) is 0 Å². The molecule has 0 saturated heterocycles. The molecule has 0 aliphatic heterocycles. The molecule has 0 saturated carbocycles. The second-order valence-corrected chi connectivity index (χ2v) is 21.0. The zero-order valence-corrected chi connectivity index (χ0v) is 46.2. The number of hydrogen-bond donors (Lipinski definition) is 0. The van der Waals surface area contributed by atoms with E-state index in [-0.39, 0.29) is 31.1 Å². The highest BCUT2D eigenvalue weighted by Crippen LogP contribution is 2.18. The van der Waals surface area contributed by atoms with E-state index in [1.807, 2.05) is 0 Å². The average Bonchev–Trinajstić information content (AvgIpc) is 3.34. The lowest BCUT2D eigenvalue weighted by Gasteiger charge is -2.18. The van der Waals surface area contributed by atoms with Crippen molar-refractivity contribution in [2.24, 2.45) is 0 Å². The van der Waals surface area contributed by atoms with Crippen LogP contribution < -0.4 is 0 Å². The maximum atomic E-state index is 12.9. The van der Waals surface area contributed by atoms with Gasteiger partial charge in [-0.3, -0.25) is 14.4 Å². The standard InChI is InChI=1S/C62H118O6/c1-4-7-10-13-16-19-22-25-27-29-31-33-34-37-40-43-46-49-52-55-61(64)67-58-59(57-66-60(63)54-51-48-45-42-39-36-24-21-18-15-12-9-6-3)68-62(65)56-53-50-47-44-41-38-35-32-30-28-26-23-20-17-14-11-8-5-2/h25,27,59H,4-24,26,28-58H2,1-3H3/b27-25-/t59-/m1/s1. The fourth-order valence-electron chi connectivity index (χ4n) is 9.38. The first-order valence-corrected chi connectivity index (χ1v) is 30.7. The topological polar surface area (TPSA) is 78.9 Å². The summed E-state index contributed by atoms with van der Waals surface area (Å²) in [5, 5.41) is 0. The van der Waals surface area contributed by atoms with Crippen LogP contribution in [0.25, 0.3) is 0 Å². The minimum atomic E-state index is -0.765. The summed E-state index contributed by atoms with van der Waals surface area (Å²) in [5.74, 6) is -0.838. The largest absolute Gasteiger partial charge is 0.462 e. The molecule has 6 nitrogen and oxygen atoms in total. The molecule has 0 aliphatic carbocycles. The highest BCUT2D eigenvalue weighted by atomic mass is 16.6. The molecule has 0 unspecified atom stereocenters. The van der Waals surface area contributed by atoms with Crippen LogP contribution in [0.4, 0.5) is 0 Å². The van der Waals surface area contributed by atoms with Gasteiger partial charge in [-0.25, -0.2) is 0 Å². The molecule has 0 bridgehead atoms. The van der Waals surface area contributed by atoms with E-state index in [4.69, 9.17) is 14.2 Å². The van der Waals surface area contributed by atoms with Gasteiger partial charge in [0.1, 0.15) is 13.2 Å². The summed E-state index contributed by atoms with van der Waals surface area (Å²) in [6.07, 6.45) is 66.3. The minimum absolute atomic E-state index is 0.0641. The quantitative estimate of drug-likeness (QED) is 0.0262. The van der Waals surface area contributed by atoms with Crippen molar-refractivity contribution in [2.45, 2.75) is 354 Å². The molecular weight excluding hydrogens is 841 g/mol. The van der Waals surface area contributed by atoms with E-state index in [1.165, 1.54) is 250 Å². The van der Waals surface area contributed by atoms with Crippen LogP contribution in [0.1, 0.15) is 348 Å². The molecule has 0 fully saturated rings. The van der Waals surface area contributed by atoms with Crippen LogP contribution in [-0.2, 0) is 28.6 Å². The lowest BCUT2D eigenvalue weighted by atomic mass is 10.0. The molecule has 68 heavy (non-hydrogen) atoms. The van der Waals surface area contributed by atoms with Crippen molar-refractivity contribution in [2.75, 3.05) is 13.2 Å². The highest BCUT2D eigenvalue weighted by molar-refractivity contribution is 5.71. The molecule has 0 aromatic rings. The molecule has 0 aliphatic rings. The van der Waals surface area contributed by atoms with Gasteiger partial charge in [0.2, 0.25) is 0 Å². The maximum Gasteiger partial charge on any atom is 0.306 e. The molecule has 0 radical (unpaired) electrons. The zero-order valence-electron chi connectivity index (χ0n) is 46.2. The maximum absolute atomic E-state index is 12.9. The summed E-state index contributed by atoms with van der Waals surface area (Å²) in [6.45, 7) is 6.70. The predicted octanol–water partition coefficient (Wildman–Crippen LogP) is 20.5. The molecule has 402 valence electrons. The third-order valence-electron chi connectivity index (χ3n) is 14.0. The Hall–Kier alpha value is -1.85. The third-order valence-corrected chi connectivity index (χ3v) is 14.0. The van der Waals surface area contributed by atoms with E-state index in [0.717, 1.165) is 57.8 Å². The van der Waals surface area contributed by atoms with Gasteiger partial charge >= 0.3 is 17.9 Å². The lowest BCUT2D eigenvalue weighted by Crippen LogP contribution is -2.30. The number of ether oxygens (including phenoxy) is 3. The number of esters is 3. The van der Waals surface area contributed by atoms with Crippen LogP contribution in [0.2, 0.25) is 0 Å². The van der Waals surface area contributed by atoms with Crippen molar-refractivity contribution < 1.29 is 28.6 Å². The monoisotopic (exact) mass is 959 g/mol. The molecule has 0 rings (SSSR count). The van der Waals surface area contributed by atoms with Crippen molar-refractivity contribution in [3.05, 3.63) is 12.2 Å². The Labute approximate surface area is 424 Å².